The Labute approximate surface area is 108 Å². The maximum Gasteiger partial charge on any atom is 0.130 e. The van der Waals surface area contributed by atoms with Gasteiger partial charge >= 0.3 is 0 Å². The predicted octanol–water partition coefficient (Wildman–Crippen LogP) is 3.58. The van der Waals surface area contributed by atoms with Gasteiger partial charge in [-0.1, -0.05) is 18.2 Å². The lowest BCUT2D eigenvalue weighted by atomic mass is 9.82. The highest BCUT2D eigenvalue weighted by atomic mass is 16.1. The zero-order chi connectivity index (χ0) is 12.7. The maximum absolute atomic E-state index is 11.5. The minimum Gasteiger partial charge on any atom is -0.347 e. The Hall–Kier alpha value is -1.57. The molecule has 1 unspecified atom stereocenters. The first-order valence-electron chi connectivity index (χ1n) is 6.74. The van der Waals surface area contributed by atoms with Crippen molar-refractivity contribution in [3.63, 3.8) is 0 Å². The zero-order valence-corrected chi connectivity index (χ0v) is 11.1. The number of ketones is 1. The smallest absolute Gasteiger partial charge is 0.130 e. The van der Waals surface area contributed by atoms with Gasteiger partial charge in [-0.25, -0.2) is 0 Å². The molecule has 2 heteroatoms. The van der Waals surface area contributed by atoms with Crippen LogP contribution in [0.4, 0.5) is 0 Å². The molecule has 0 aliphatic heterocycles. The van der Waals surface area contributed by atoms with Crippen molar-refractivity contribution < 1.29 is 4.79 Å². The Morgan fingerprint density at radius 3 is 2.94 bits per heavy atom. The van der Waals surface area contributed by atoms with E-state index in [2.05, 4.69) is 35.9 Å². The first-order valence-corrected chi connectivity index (χ1v) is 6.74. The van der Waals surface area contributed by atoms with E-state index in [9.17, 15) is 4.79 Å². The molecule has 0 fully saturated rings. The first kappa shape index (κ1) is 11.5. The van der Waals surface area contributed by atoms with E-state index in [4.69, 9.17) is 0 Å². The van der Waals surface area contributed by atoms with Crippen molar-refractivity contribution in [2.75, 3.05) is 0 Å². The number of nitrogens with zero attached hydrogens (tertiary/aromatic N) is 1. The number of carbonyl (C=O) groups excluding carboxylic acids is 1. The number of rotatable bonds is 2. The zero-order valence-electron chi connectivity index (χ0n) is 11.1. The highest BCUT2D eigenvalue weighted by Gasteiger charge is 2.26. The van der Waals surface area contributed by atoms with Crippen molar-refractivity contribution in [1.29, 1.82) is 0 Å². The number of Topliss-reactive ketones (excluding diaryl/α,β-unsaturated/α-hetero) is 1. The number of fused-ring (bicyclic) bond motifs is 3. The highest BCUT2D eigenvalue weighted by Crippen LogP contribution is 2.40. The van der Waals surface area contributed by atoms with Gasteiger partial charge in [0, 0.05) is 30.1 Å². The van der Waals surface area contributed by atoms with Gasteiger partial charge in [0.15, 0.2) is 0 Å². The molecule has 3 rings (SSSR count). The van der Waals surface area contributed by atoms with E-state index in [1.165, 1.54) is 28.6 Å². The van der Waals surface area contributed by atoms with Crippen LogP contribution in [-0.2, 0) is 18.3 Å². The molecule has 2 nitrogen and oxygen atoms in total. The fourth-order valence-electron chi connectivity index (χ4n) is 3.44. The Morgan fingerprint density at radius 2 is 2.17 bits per heavy atom. The molecule has 1 aromatic heterocycles. The fourth-order valence-corrected chi connectivity index (χ4v) is 3.44. The normalized spacial score (nSPS) is 18.9. The number of benzene rings is 1. The Bertz CT molecular complexity index is 609. The quantitative estimate of drug-likeness (QED) is 0.787. The van der Waals surface area contributed by atoms with Crippen molar-refractivity contribution in [1.82, 2.24) is 4.57 Å². The number of hydrogen-bond acceptors (Lipinski definition) is 1. The van der Waals surface area contributed by atoms with E-state index in [-0.39, 0.29) is 0 Å². The third-order valence-electron chi connectivity index (χ3n) is 4.18. The van der Waals surface area contributed by atoms with Crippen LogP contribution in [0, 0.1) is 0 Å². The van der Waals surface area contributed by atoms with Gasteiger partial charge in [0.05, 0.1) is 0 Å². The van der Waals surface area contributed by atoms with Crippen LogP contribution in [0.1, 0.15) is 43.4 Å². The molecular weight excluding hydrogens is 222 g/mol. The third-order valence-corrected chi connectivity index (χ3v) is 4.18. The van der Waals surface area contributed by atoms with Crippen LogP contribution < -0.4 is 0 Å². The Morgan fingerprint density at radius 1 is 1.39 bits per heavy atom. The Balaban J connectivity index is 2.21. The summed E-state index contributed by atoms with van der Waals surface area (Å²) in [4.78, 5) is 11.5. The Kier molecular flexibility index (Phi) is 2.73. The molecule has 1 aliphatic rings. The van der Waals surface area contributed by atoms with Gasteiger partial charge in [0.1, 0.15) is 5.78 Å². The largest absolute Gasteiger partial charge is 0.347 e. The number of carbonyl (C=O) groups is 1. The van der Waals surface area contributed by atoms with Gasteiger partial charge in [-0.2, -0.15) is 0 Å². The predicted molar refractivity (Wildman–Crippen MR) is 73.9 cm³/mol. The van der Waals surface area contributed by atoms with E-state index >= 15 is 0 Å². The number of hydrogen-bond donors (Lipinski definition) is 0. The van der Waals surface area contributed by atoms with E-state index < -0.39 is 0 Å². The monoisotopic (exact) mass is 241 g/mol. The van der Waals surface area contributed by atoms with Crippen LogP contribution in [0.5, 0.6) is 0 Å². The molecule has 2 aromatic rings. The molecule has 0 saturated carbocycles. The van der Waals surface area contributed by atoms with Crippen molar-refractivity contribution in [2.24, 2.45) is 7.05 Å². The second kappa shape index (κ2) is 4.27. The summed E-state index contributed by atoms with van der Waals surface area (Å²) in [5, 5.41) is 1.35. The molecular formula is C16H19NO. The summed E-state index contributed by atoms with van der Waals surface area (Å²) in [7, 11) is 2.15. The standard InChI is InChI=1S/C16H19NO/c1-11(18)10-12-6-5-9-15-16(12)13-7-3-4-8-14(13)17(15)2/h3-4,7-8,12H,5-6,9-10H2,1-2H3. The summed E-state index contributed by atoms with van der Waals surface area (Å²) in [5.41, 5.74) is 4.18. The molecule has 94 valence electrons. The van der Waals surface area contributed by atoms with Gasteiger partial charge in [0.25, 0.3) is 0 Å². The van der Waals surface area contributed by atoms with Crippen molar-refractivity contribution >= 4 is 16.7 Å². The maximum atomic E-state index is 11.5. The van der Waals surface area contributed by atoms with Crippen LogP contribution in [0.25, 0.3) is 10.9 Å². The average molecular weight is 241 g/mol. The highest BCUT2D eigenvalue weighted by molar-refractivity contribution is 5.87. The molecule has 0 spiro atoms. The average Bonchev–Trinajstić information content (AvgIpc) is 2.65. The molecule has 1 aromatic carbocycles. The van der Waals surface area contributed by atoms with E-state index in [0.29, 0.717) is 18.1 Å². The lowest BCUT2D eigenvalue weighted by Crippen LogP contribution is -2.13. The van der Waals surface area contributed by atoms with Crippen LogP contribution in [-0.4, -0.2) is 10.4 Å². The molecule has 0 amide bonds. The third kappa shape index (κ3) is 1.67. The topological polar surface area (TPSA) is 22.0 Å². The van der Waals surface area contributed by atoms with Crippen molar-refractivity contribution in [3.8, 4) is 0 Å². The fraction of sp³-hybridized carbons (Fsp3) is 0.438. The second-order valence-corrected chi connectivity index (χ2v) is 5.43. The molecule has 1 atom stereocenters. The van der Waals surface area contributed by atoms with E-state index in [1.807, 2.05) is 0 Å². The first-order chi connectivity index (χ1) is 8.68. The van der Waals surface area contributed by atoms with Crippen LogP contribution in [0.2, 0.25) is 0 Å². The summed E-state index contributed by atoms with van der Waals surface area (Å²) in [6.45, 7) is 1.71. The summed E-state index contributed by atoms with van der Waals surface area (Å²) in [6, 6.07) is 8.57. The van der Waals surface area contributed by atoms with Crippen LogP contribution in [0.3, 0.4) is 0 Å². The van der Waals surface area contributed by atoms with Crippen LogP contribution in [0.15, 0.2) is 24.3 Å². The molecule has 1 heterocycles. The summed E-state index contributed by atoms with van der Waals surface area (Å²) in [6.07, 6.45) is 4.20. The summed E-state index contributed by atoms with van der Waals surface area (Å²) < 4.78 is 2.32. The summed E-state index contributed by atoms with van der Waals surface area (Å²) >= 11 is 0. The molecule has 0 N–H and O–H groups in total. The molecule has 0 bridgehead atoms. The SMILES string of the molecule is CC(=O)CC1CCCc2c1c1ccccc1n2C. The van der Waals surface area contributed by atoms with Gasteiger partial charge in [-0.15, -0.1) is 0 Å². The van der Waals surface area contributed by atoms with Crippen molar-refractivity contribution in [3.05, 3.63) is 35.5 Å². The van der Waals surface area contributed by atoms with E-state index in [1.54, 1.807) is 6.92 Å². The lowest BCUT2D eigenvalue weighted by molar-refractivity contribution is -0.117. The minimum atomic E-state index is 0.306. The van der Waals surface area contributed by atoms with Gasteiger partial charge in [0.2, 0.25) is 0 Å². The second-order valence-electron chi connectivity index (χ2n) is 5.43. The number of aryl methyl sites for hydroxylation is 1. The number of aromatic nitrogens is 1. The van der Waals surface area contributed by atoms with Gasteiger partial charge in [-0.05, 0) is 43.7 Å². The molecule has 1 aliphatic carbocycles. The van der Waals surface area contributed by atoms with Crippen LogP contribution >= 0.6 is 0 Å². The lowest BCUT2D eigenvalue weighted by Gasteiger charge is -2.23. The van der Waals surface area contributed by atoms with Gasteiger partial charge < -0.3 is 9.36 Å². The summed E-state index contributed by atoms with van der Waals surface area (Å²) in [5.74, 6) is 0.734. The minimum absolute atomic E-state index is 0.306. The van der Waals surface area contributed by atoms with E-state index in [0.717, 1.165) is 12.8 Å². The molecule has 0 saturated heterocycles. The molecule has 0 radical (unpaired) electrons. The molecule has 18 heavy (non-hydrogen) atoms. The van der Waals surface area contributed by atoms with Crippen molar-refractivity contribution in [2.45, 2.75) is 38.5 Å². The number of para-hydroxylation sites is 1. The van der Waals surface area contributed by atoms with Gasteiger partial charge in [-0.3, -0.25) is 0 Å².